The van der Waals surface area contributed by atoms with Crippen LogP contribution in [0.4, 0.5) is 4.39 Å². The summed E-state index contributed by atoms with van der Waals surface area (Å²) in [7, 11) is 1.69. The minimum Gasteiger partial charge on any atom is -0.306 e. The minimum absolute atomic E-state index is 0.323. The average Bonchev–Trinajstić information content (AvgIpc) is 2.07. The smallest absolute Gasteiger partial charge is 0.290 e. The van der Waals surface area contributed by atoms with Crippen molar-refractivity contribution in [2.24, 2.45) is 7.05 Å². The lowest BCUT2D eigenvalue weighted by Crippen LogP contribution is -2.01. The van der Waals surface area contributed by atoms with Crippen LogP contribution < -0.4 is 0 Å². The first-order valence-electron chi connectivity index (χ1n) is 3.41. The highest BCUT2D eigenvalue weighted by atomic mass is 127. The number of hydrogen-bond acceptors (Lipinski definition) is 1. The molecule has 0 bridgehead atoms. The topological polar surface area (TPSA) is 17.8 Å². The second-order valence-corrected chi connectivity index (χ2v) is 3.79. The van der Waals surface area contributed by atoms with Gasteiger partial charge in [-0.05, 0) is 28.5 Å². The van der Waals surface area contributed by atoms with Gasteiger partial charge in [-0.3, -0.25) is 0 Å². The zero-order chi connectivity index (χ0) is 8.59. The molecule has 0 saturated carbocycles. The van der Waals surface area contributed by atoms with Crippen LogP contribution in [0.25, 0.3) is 0 Å². The molecule has 1 aromatic rings. The summed E-state index contributed by atoms with van der Waals surface area (Å²) >= 11 is 2.05. The number of aromatic nitrogens is 2. The van der Waals surface area contributed by atoms with Gasteiger partial charge in [-0.25, -0.2) is 0 Å². The summed E-state index contributed by atoms with van der Waals surface area (Å²) in [5.74, 6) is 0.323. The van der Waals surface area contributed by atoms with E-state index in [-0.39, 0.29) is 0 Å². The van der Waals surface area contributed by atoms with Crippen molar-refractivity contribution >= 4 is 22.6 Å². The molecule has 4 heteroatoms. The molecule has 0 fully saturated rings. The van der Waals surface area contributed by atoms with Gasteiger partial charge >= 0.3 is 0 Å². The highest BCUT2D eigenvalue weighted by Crippen LogP contribution is 2.20. The Morgan fingerprint density at radius 2 is 2.09 bits per heavy atom. The fourth-order valence-electron chi connectivity index (χ4n) is 1.08. The highest BCUT2D eigenvalue weighted by Gasteiger charge is 2.14. The summed E-state index contributed by atoms with van der Waals surface area (Å²) in [4.78, 5) is 3.71. The number of nitrogens with zero attached hydrogens (tertiary/aromatic N) is 2. The number of hydrogen-bond donors (Lipinski definition) is 0. The van der Waals surface area contributed by atoms with Gasteiger partial charge in [-0.2, -0.15) is 9.37 Å². The third-order valence-corrected chi connectivity index (χ3v) is 2.38. The molecule has 0 radical (unpaired) electrons. The van der Waals surface area contributed by atoms with Gasteiger partial charge in [0.15, 0.2) is 0 Å². The lowest BCUT2D eigenvalue weighted by Gasteiger charge is -2.05. The summed E-state index contributed by atoms with van der Waals surface area (Å²) in [6.07, 6.45) is -0.405. The van der Waals surface area contributed by atoms with Crippen molar-refractivity contribution in [3.63, 3.8) is 0 Å². The predicted molar refractivity (Wildman–Crippen MR) is 50.0 cm³/mol. The summed E-state index contributed by atoms with van der Waals surface area (Å²) in [6, 6.07) is 0. The maximum Gasteiger partial charge on any atom is 0.290 e. The molecule has 0 unspecified atom stereocenters. The van der Waals surface area contributed by atoms with Crippen molar-refractivity contribution in [1.82, 2.24) is 9.55 Å². The van der Waals surface area contributed by atoms with Gasteiger partial charge in [0.2, 0.25) is 0 Å². The van der Waals surface area contributed by atoms with Crippen molar-refractivity contribution in [2.75, 3.05) is 0 Å². The van der Waals surface area contributed by atoms with Crippen LogP contribution in [-0.2, 0) is 7.05 Å². The van der Waals surface area contributed by atoms with Crippen LogP contribution >= 0.6 is 22.6 Å². The Bertz CT molecular complexity index is 268. The molecule has 2 nitrogen and oxygen atoms in total. The van der Waals surface area contributed by atoms with E-state index in [0.29, 0.717) is 5.92 Å². The molecule has 0 aliphatic rings. The van der Waals surface area contributed by atoms with E-state index in [9.17, 15) is 4.39 Å². The first-order chi connectivity index (χ1) is 5.04. The molecule has 11 heavy (non-hydrogen) atoms. The van der Waals surface area contributed by atoms with E-state index in [1.54, 1.807) is 7.05 Å². The van der Waals surface area contributed by atoms with Gasteiger partial charge in [-0.15, -0.1) is 0 Å². The Labute approximate surface area is 79.0 Å². The van der Waals surface area contributed by atoms with Gasteiger partial charge in [0.1, 0.15) is 3.70 Å². The van der Waals surface area contributed by atoms with Gasteiger partial charge in [0, 0.05) is 7.05 Å². The molecule has 1 heterocycles. The van der Waals surface area contributed by atoms with Crippen LogP contribution in [0, 0.1) is 9.78 Å². The Morgan fingerprint density at radius 1 is 1.55 bits per heavy atom. The maximum absolute atomic E-state index is 12.8. The largest absolute Gasteiger partial charge is 0.306 e. The number of halogens is 2. The van der Waals surface area contributed by atoms with E-state index in [2.05, 4.69) is 27.6 Å². The van der Waals surface area contributed by atoms with Crippen molar-refractivity contribution in [2.45, 2.75) is 19.8 Å². The first kappa shape index (κ1) is 8.96. The number of rotatable bonds is 1. The second kappa shape index (κ2) is 3.08. The van der Waals surface area contributed by atoms with Gasteiger partial charge in [0.25, 0.3) is 6.08 Å². The standard InChI is InChI=1S/C7H10FIN2/c1-4(2)5-6(9)10-7(8)11(5)3/h4H,1-3H3. The Balaban J connectivity index is 3.22. The molecule has 1 aromatic heterocycles. The molecule has 1 rings (SSSR count). The van der Waals surface area contributed by atoms with Crippen molar-refractivity contribution in [3.05, 3.63) is 15.5 Å². The quantitative estimate of drug-likeness (QED) is 0.714. The van der Waals surface area contributed by atoms with Gasteiger partial charge in [0.05, 0.1) is 5.69 Å². The van der Waals surface area contributed by atoms with E-state index in [1.165, 1.54) is 4.57 Å². The molecule has 0 spiro atoms. The molecular formula is C7H10FIN2. The van der Waals surface area contributed by atoms with Crippen LogP contribution in [0.1, 0.15) is 25.5 Å². The third kappa shape index (κ3) is 1.55. The fraction of sp³-hybridized carbons (Fsp3) is 0.571. The van der Waals surface area contributed by atoms with E-state index < -0.39 is 6.08 Å². The van der Waals surface area contributed by atoms with Crippen LogP contribution in [0.5, 0.6) is 0 Å². The third-order valence-electron chi connectivity index (χ3n) is 1.59. The Morgan fingerprint density at radius 3 is 2.27 bits per heavy atom. The normalized spacial score (nSPS) is 11.1. The first-order valence-corrected chi connectivity index (χ1v) is 4.49. The van der Waals surface area contributed by atoms with E-state index in [4.69, 9.17) is 0 Å². The zero-order valence-corrected chi connectivity index (χ0v) is 8.89. The molecular weight excluding hydrogens is 258 g/mol. The Hall–Kier alpha value is -0.130. The number of imidazole rings is 1. The van der Waals surface area contributed by atoms with Crippen LogP contribution in [0.15, 0.2) is 0 Å². The van der Waals surface area contributed by atoms with Crippen LogP contribution in [0.2, 0.25) is 0 Å². The van der Waals surface area contributed by atoms with Gasteiger partial charge in [-0.1, -0.05) is 13.8 Å². The van der Waals surface area contributed by atoms with Crippen molar-refractivity contribution < 1.29 is 4.39 Å². The zero-order valence-electron chi connectivity index (χ0n) is 6.73. The highest BCUT2D eigenvalue weighted by molar-refractivity contribution is 14.1. The van der Waals surface area contributed by atoms with E-state index >= 15 is 0 Å². The van der Waals surface area contributed by atoms with Crippen molar-refractivity contribution in [3.8, 4) is 0 Å². The minimum atomic E-state index is -0.405. The summed E-state index contributed by atoms with van der Waals surface area (Å²) in [5, 5.41) is 0. The summed E-state index contributed by atoms with van der Waals surface area (Å²) < 4.78 is 15.1. The van der Waals surface area contributed by atoms with E-state index in [1.807, 2.05) is 13.8 Å². The molecule has 0 atom stereocenters. The average molecular weight is 268 g/mol. The predicted octanol–water partition coefficient (Wildman–Crippen LogP) is 2.29. The SMILES string of the molecule is CC(C)c1c(I)nc(F)n1C. The molecule has 0 amide bonds. The fourth-order valence-corrected chi connectivity index (χ4v) is 2.26. The lowest BCUT2D eigenvalue weighted by molar-refractivity contribution is 0.489. The van der Waals surface area contributed by atoms with Crippen LogP contribution in [-0.4, -0.2) is 9.55 Å². The molecule has 0 saturated heterocycles. The molecule has 0 N–H and O–H groups in total. The Kier molecular flexibility index (Phi) is 2.51. The molecule has 0 aromatic carbocycles. The summed E-state index contributed by atoms with van der Waals surface area (Å²) in [6.45, 7) is 4.05. The summed E-state index contributed by atoms with van der Waals surface area (Å²) in [5.41, 5.74) is 0.961. The molecule has 0 aliphatic heterocycles. The monoisotopic (exact) mass is 268 g/mol. The second-order valence-electron chi connectivity index (χ2n) is 2.77. The van der Waals surface area contributed by atoms with Crippen LogP contribution in [0.3, 0.4) is 0 Å². The maximum atomic E-state index is 12.8. The molecule has 0 aliphatic carbocycles. The lowest BCUT2D eigenvalue weighted by atomic mass is 10.1. The van der Waals surface area contributed by atoms with E-state index in [0.717, 1.165) is 9.39 Å². The van der Waals surface area contributed by atoms with Gasteiger partial charge < -0.3 is 4.57 Å². The molecule has 62 valence electrons. The van der Waals surface area contributed by atoms with Crippen molar-refractivity contribution in [1.29, 1.82) is 0 Å².